The van der Waals surface area contributed by atoms with Crippen molar-refractivity contribution in [3.8, 4) is 5.75 Å². The lowest BCUT2D eigenvalue weighted by Crippen LogP contribution is -1.92. The van der Waals surface area contributed by atoms with Gasteiger partial charge in [-0.3, -0.25) is 0 Å². The average molecular weight is 340 g/mol. The predicted octanol–water partition coefficient (Wildman–Crippen LogP) is 3.38. The molecule has 136 valence electrons. The number of para-hydroxylation sites is 1. The Labute approximate surface area is 143 Å². The maximum Gasteiger partial charge on any atom is 0.330 e. The fourth-order valence-electron chi connectivity index (χ4n) is 0.563. The molecule has 24 heavy (non-hydrogen) atoms. The first-order chi connectivity index (χ1) is 11.0. The van der Waals surface area contributed by atoms with E-state index in [9.17, 15) is 9.59 Å². The number of carboxylic acids is 2. The number of phenols is 1. The fraction of sp³-hybridized carbons (Fsp3) is 0.333. The van der Waals surface area contributed by atoms with E-state index in [0.717, 1.165) is 12.0 Å². The van der Waals surface area contributed by atoms with Crippen molar-refractivity contribution in [3.05, 3.63) is 54.1 Å². The van der Waals surface area contributed by atoms with Crippen LogP contribution in [-0.4, -0.2) is 39.0 Å². The molecule has 0 aromatic heterocycles. The molecule has 1 rings (SSSR count). The number of phenolic OH excluding ortho intramolecular Hbond substituents is 1. The maximum atomic E-state index is 9.60. The number of aromatic hydroxyl groups is 1. The summed E-state index contributed by atoms with van der Waals surface area (Å²) in [5, 5.41) is 32.6. The molecule has 0 saturated heterocycles. The van der Waals surface area contributed by atoms with E-state index in [1.807, 2.05) is 32.0 Å². The van der Waals surface area contributed by atoms with Gasteiger partial charge in [0.15, 0.2) is 0 Å². The number of hydrogen-bond donors (Lipinski definition) is 4. The topological polar surface area (TPSA) is 115 Å². The van der Waals surface area contributed by atoms with Crippen molar-refractivity contribution < 1.29 is 30.0 Å². The van der Waals surface area contributed by atoms with E-state index in [-0.39, 0.29) is 11.1 Å². The number of aryl methyl sites for hydroxylation is 1. The second-order valence-electron chi connectivity index (χ2n) is 4.68. The van der Waals surface area contributed by atoms with Crippen LogP contribution in [0.3, 0.4) is 0 Å². The Morgan fingerprint density at radius 2 is 1.29 bits per heavy atom. The highest BCUT2D eigenvalue weighted by Crippen LogP contribution is 2.12. The lowest BCUT2D eigenvalue weighted by Gasteiger charge is -1.92. The molecule has 6 heteroatoms. The van der Waals surface area contributed by atoms with Gasteiger partial charge in [-0.25, -0.2) is 9.59 Å². The minimum atomic E-state index is -0.935. The van der Waals surface area contributed by atoms with Gasteiger partial charge in [-0.15, -0.1) is 0 Å². The second-order valence-corrected chi connectivity index (χ2v) is 4.68. The van der Waals surface area contributed by atoms with Gasteiger partial charge < -0.3 is 20.4 Å². The molecule has 0 spiro atoms. The minimum absolute atomic E-state index is 0.176. The van der Waals surface area contributed by atoms with E-state index in [1.165, 1.54) is 13.8 Å². The third-order valence-electron chi connectivity index (χ3n) is 2.07. The van der Waals surface area contributed by atoms with Crippen LogP contribution in [0.15, 0.2) is 48.6 Å². The van der Waals surface area contributed by atoms with Crippen LogP contribution in [0.1, 0.15) is 32.8 Å². The summed E-state index contributed by atoms with van der Waals surface area (Å²) in [4.78, 5) is 19.2. The third-order valence-corrected chi connectivity index (χ3v) is 2.07. The van der Waals surface area contributed by atoms with Crippen LogP contribution in [0.5, 0.6) is 5.75 Å². The molecule has 1 aromatic rings. The fourth-order valence-corrected chi connectivity index (χ4v) is 0.563. The van der Waals surface area contributed by atoms with Gasteiger partial charge in [0.05, 0.1) is 0 Å². The van der Waals surface area contributed by atoms with Crippen molar-refractivity contribution in [2.75, 3.05) is 6.61 Å². The quantitative estimate of drug-likeness (QED) is 0.627. The maximum absolute atomic E-state index is 9.60. The smallest absolute Gasteiger partial charge is 0.330 e. The molecule has 0 aliphatic rings. The molecular formula is C18H28O6. The summed E-state index contributed by atoms with van der Waals surface area (Å²) < 4.78 is 0. The molecule has 0 aliphatic heterocycles. The van der Waals surface area contributed by atoms with Gasteiger partial charge >= 0.3 is 11.9 Å². The molecule has 0 unspecified atom stereocenters. The van der Waals surface area contributed by atoms with Crippen LogP contribution in [-0.2, 0) is 9.59 Å². The molecule has 0 aliphatic carbocycles. The lowest BCUT2D eigenvalue weighted by atomic mass is 10.2. The molecule has 0 atom stereocenters. The van der Waals surface area contributed by atoms with Crippen LogP contribution < -0.4 is 0 Å². The molecule has 0 saturated carbocycles. The molecule has 0 amide bonds. The first kappa shape index (κ1) is 26.3. The summed E-state index contributed by atoms with van der Waals surface area (Å²) in [6.45, 7) is 13.3. The highest BCUT2D eigenvalue weighted by atomic mass is 16.4. The highest BCUT2D eigenvalue weighted by molar-refractivity contribution is 5.85. The lowest BCUT2D eigenvalue weighted by molar-refractivity contribution is -0.133. The van der Waals surface area contributed by atoms with Crippen molar-refractivity contribution in [2.24, 2.45) is 0 Å². The summed E-state index contributed by atoms with van der Waals surface area (Å²) in [5.41, 5.74) is 1.28. The summed E-state index contributed by atoms with van der Waals surface area (Å²) in [5.74, 6) is -1.50. The van der Waals surface area contributed by atoms with Gasteiger partial charge in [0, 0.05) is 17.8 Å². The summed E-state index contributed by atoms with van der Waals surface area (Å²) in [7, 11) is 0. The van der Waals surface area contributed by atoms with E-state index in [1.54, 1.807) is 6.07 Å². The van der Waals surface area contributed by atoms with Gasteiger partial charge in [0.2, 0.25) is 0 Å². The van der Waals surface area contributed by atoms with Crippen LogP contribution in [0.4, 0.5) is 0 Å². The number of carbonyl (C=O) groups is 2. The van der Waals surface area contributed by atoms with E-state index in [0.29, 0.717) is 12.4 Å². The molecular weight excluding hydrogens is 312 g/mol. The van der Waals surface area contributed by atoms with Gasteiger partial charge in [0.1, 0.15) is 5.75 Å². The number of benzene rings is 1. The molecule has 4 N–H and O–H groups in total. The van der Waals surface area contributed by atoms with Crippen LogP contribution in [0.2, 0.25) is 0 Å². The second kappa shape index (κ2) is 16.8. The number of aliphatic hydroxyl groups excluding tert-OH is 1. The van der Waals surface area contributed by atoms with Crippen molar-refractivity contribution in [3.63, 3.8) is 0 Å². The molecule has 0 heterocycles. The van der Waals surface area contributed by atoms with Crippen molar-refractivity contribution in [1.29, 1.82) is 0 Å². The SMILES string of the molecule is C=C(C)C(=O)O.C=C(C)C(=O)O.CCCO.Cc1ccccc1O. The molecule has 0 fully saturated rings. The Bertz CT molecular complexity index is 449. The normalized spacial score (nSPS) is 8.04. The number of carboxylic acid groups (broad SMARTS) is 2. The van der Waals surface area contributed by atoms with E-state index >= 15 is 0 Å². The largest absolute Gasteiger partial charge is 0.508 e. The van der Waals surface area contributed by atoms with Gasteiger partial charge in [0.25, 0.3) is 0 Å². The van der Waals surface area contributed by atoms with Crippen LogP contribution >= 0.6 is 0 Å². The van der Waals surface area contributed by atoms with Gasteiger partial charge in [-0.05, 0) is 38.8 Å². The number of aliphatic hydroxyl groups is 1. The van der Waals surface area contributed by atoms with Crippen LogP contribution in [0.25, 0.3) is 0 Å². The van der Waals surface area contributed by atoms with Crippen molar-refractivity contribution in [2.45, 2.75) is 34.1 Å². The highest BCUT2D eigenvalue weighted by Gasteiger charge is 1.90. The van der Waals surface area contributed by atoms with Gasteiger partial charge in [-0.1, -0.05) is 38.3 Å². The minimum Gasteiger partial charge on any atom is -0.508 e. The number of rotatable bonds is 3. The van der Waals surface area contributed by atoms with Crippen LogP contribution in [0, 0.1) is 6.92 Å². The van der Waals surface area contributed by atoms with E-state index in [4.69, 9.17) is 20.4 Å². The summed E-state index contributed by atoms with van der Waals surface area (Å²) in [6.07, 6.45) is 0.875. The molecule has 0 bridgehead atoms. The van der Waals surface area contributed by atoms with Gasteiger partial charge in [-0.2, -0.15) is 0 Å². The monoisotopic (exact) mass is 340 g/mol. The Hall–Kier alpha value is -2.60. The zero-order valence-electron chi connectivity index (χ0n) is 14.7. The van der Waals surface area contributed by atoms with Crippen molar-refractivity contribution >= 4 is 11.9 Å². The molecule has 1 aromatic carbocycles. The van der Waals surface area contributed by atoms with E-state index in [2.05, 4.69) is 13.2 Å². The molecule has 6 nitrogen and oxygen atoms in total. The standard InChI is InChI=1S/C7H8O.2C4H6O2.C3H8O/c1-6-4-2-3-5-7(6)8;2*1-3(2)4(5)6;1-2-3-4/h2-5,8H,1H3;2*1H2,2H3,(H,5,6);4H,2-3H2,1H3. The summed E-state index contributed by atoms with van der Waals surface area (Å²) >= 11 is 0. The Morgan fingerprint density at radius 1 is 1.00 bits per heavy atom. The number of hydrogen-bond acceptors (Lipinski definition) is 4. The number of aliphatic carboxylic acids is 2. The zero-order chi connectivity index (χ0) is 19.7. The third kappa shape index (κ3) is 21.7. The zero-order valence-corrected chi connectivity index (χ0v) is 14.7. The first-order valence-corrected chi connectivity index (χ1v) is 7.14. The average Bonchev–Trinajstić information content (AvgIpc) is 2.51. The predicted molar refractivity (Wildman–Crippen MR) is 95.1 cm³/mol. The van der Waals surface area contributed by atoms with Crippen molar-refractivity contribution in [1.82, 2.24) is 0 Å². The Balaban J connectivity index is -0.000000253. The van der Waals surface area contributed by atoms with E-state index < -0.39 is 11.9 Å². The summed E-state index contributed by atoms with van der Waals surface area (Å²) in [6, 6.07) is 7.25. The Kier molecular flexibility index (Phi) is 18.4. The molecule has 0 radical (unpaired) electrons. The first-order valence-electron chi connectivity index (χ1n) is 7.14. The Morgan fingerprint density at radius 3 is 1.42 bits per heavy atom.